The SMILES string of the molecule is CN(C)c1nn(C)c(C(=O)O)c1Cl. The van der Waals surface area contributed by atoms with Crippen LogP contribution in [-0.2, 0) is 7.05 Å². The third-order valence-corrected chi connectivity index (χ3v) is 1.95. The molecule has 0 bridgehead atoms. The number of carboxylic acids is 1. The zero-order chi connectivity index (χ0) is 10.2. The van der Waals surface area contributed by atoms with Gasteiger partial charge in [0.2, 0.25) is 0 Å². The summed E-state index contributed by atoms with van der Waals surface area (Å²) >= 11 is 5.81. The number of aromatic nitrogens is 2. The molecule has 72 valence electrons. The lowest BCUT2D eigenvalue weighted by Gasteiger charge is -2.07. The lowest BCUT2D eigenvalue weighted by atomic mass is 10.4. The molecule has 0 radical (unpaired) electrons. The van der Waals surface area contributed by atoms with Gasteiger partial charge >= 0.3 is 5.97 Å². The second-order valence-electron chi connectivity index (χ2n) is 2.81. The molecule has 0 amide bonds. The first kappa shape index (κ1) is 9.85. The summed E-state index contributed by atoms with van der Waals surface area (Å²) in [5.41, 5.74) is 0.00497. The second kappa shape index (κ2) is 3.26. The lowest BCUT2D eigenvalue weighted by molar-refractivity contribution is 0.0685. The Bertz CT molecular complexity index is 346. The molecule has 13 heavy (non-hydrogen) atoms. The van der Waals surface area contributed by atoms with Gasteiger partial charge in [-0.1, -0.05) is 11.6 Å². The maximum absolute atomic E-state index is 10.7. The van der Waals surface area contributed by atoms with E-state index >= 15 is 0 Å². The minimum absolute atomic E-state index is 0.00497. The van der Waals surface area contributed by atoms with Crippen molar-refractivity contribution in [2.45, 2.75) is 0 Å². The van der Waals surface area contributed by atoms with Gasteiger partial charge in [-0.3, -0.25) is 4.68 Å². The van der Waals surface area contributed by atoms with Crippen LogP contribution in [0.1, 0.15) is 10.5 Å². The zero-order valence-electron chi connectivity index (χ0n) is 7.58. The number of rotatable bonds is 2. The molecule has 1 aromatic rings. The average Bonchev–Trinajstić information content (AvgIpc) is 2.26. The van der Waals surface area contributed by atoms with Crippen molar-refractivity contribution in [1.82, 2.24) is 9.78 Å². The van der Waals surface area contributed by atoms with Crippen molar-refractivity contribution in [1.29, 1.82) is 0 Å². The van der Waals surface area contributed by atoms with Gasteiger partial charge in [-0.25, -0.2) is 4.79 Å². The number of hydrogen-bond donors (Lipinski definition) is 1. The summed E-state index contributed by atoms with van der Waals surface area (Å²) in [5, 5.41) is 12.9. The van der Waals surface area contributed by atoms with Crippen LogP contribution in [0.4, 0.5) is 5.82 Å². The highest BCUT2D eigenvalue weighted by molar-refractivity contribution is 6.35. The van der Waals surface area contributed by atoms with Crippen molar-refractivity contribution in [2.75, 3.05) is 19.0 Å². The van der Waals surface area contributed by atoms with Gasteiger partial charge < -0.3 is 10.0 Å². The molecular weight excluding hydrogens is 194 g/mol. The normalized spacial score (nSPS) is 10.2. The van der Waals surface area contributed by atoms with Gasteiger partial charge in [0, 0.05) is 21.1 Å². The molecule has 0 fully saturated rings. The van der Waals surface area contributed by atoms with Gasteiger partial charge in [-0.2, -0.15) is 5.10 Å². The van der Waals surface area contributed by atoms with Crippen LogP contribution in [0.5, 0.6) is 0 Å². The van der Waals surface area contributed by atoms with Gasteiger partial charge in [-0.15, -0.1) is 0 Å². The molecule has 0 atom stereocenters. The minimum Gasteiger partial charge on any atom is -0.476 e. The van der Waals surface area contributed by atoms with Crippen LogP contribution in [0.3, 0.4) is 0 Å². The van der Waals surface area contributed by atoms with Crippen molar-refractivity contribution in [3.63, 3.8) is 0 Å². The van der Waals surface area contributed by atoms with E-state index in [1.807, 2.05) is 0 Å². The molecule has 0 aliphatic rings. The molecule has 0 unspecified atom stereocenters. The highest BCUT2D eigenvalue weighted by Gasteiger charge is 2.20. The van der Waals surface area contributed by atoms with E-state index in [0.717, 1.165) is 0 Å². The van der Waals surface area contributed by atoms with E-state index in [-0.39, 0.29) is 10.7 Å². The van der Waals surface area contributed by atoms with Crippen LogP contribution >= 0.6 is 11.6 Å². The monoisotopic (exact) mass is 203 g/mol. The van der Waals surface area contributed by atoms with E-state index in [1.165, 1.54) is 4.68 Å². The predicted molar refractivity (Wildman–Crippen MR) is 49.5 cm³/mol. The Kier molecular flexibility index (Phi) is 2.47. The fourth-order valence-corrected chi connectivity index (χ4v) is 1.41. The Morgan fingerprint density at radius 3 is 2.38 bits per heavy atom. The lowest BCUT2D eigenvalue weighted by Crippen LogP contribution is -2.10. The highest BCUT2D eigenvalue weighted by atomic mass is 35.5. The molecule has 0 spiro atoms. The predicted octanol–water partition coefficient (Wildman–Crippen LogP) is 0.838. The first-order valence-electron chi connectivity index (χ1n) is 3.58. The minimum atomic E-state index is -1.08. The summed E-state index contributed by atoms with van der Waals surface area (Å²) in [5.74, 6) is -0.616. The number of nitrogens with zero attached hydrogens (tertiary/aromatic N) is 3. The molecule has 0 aromatic carbocycles. The maximum atomic E-state index is 10.7. The molecular formula is C7H10ClN3O2. The fourth-order valence-electron chi connectivity index (χ4n) is 1.00. The molecule has 1 N–H and O–H groups in total. The van der Waals surface area contributed by atoms with Crippen LogP contribution in [0.25, 0.3) is 0 Å². The molecule has 0 saturated heterocycles. The highest BCUT2D eigenvalue weighted by Crippen LogP contribution is 2.26. The smallest absolute Gasteiger partial charge is 0.355 e. The molecule has 1 aromatic heterocycles. The Morgan fingerprint density at radius 1 is 1.62 bits per heavy atom. The summed E-state index contributed by atoms with van der Waals surface area (Å²) in [6.45, 7) is 0. The van der Waals surface area contributed by atoms with Crippen molar-refractivity contribution in [2.24, 2.45) is 7.05 Å². The third kappa shape index (κ3) is 1.60. The van der Waals surface area contributed by atoms with Crippen LogP contribution in [0.15, 0.2) is 0 Å². The number of carbonyl (C=O) groups is 1. The van der Waals surface area contributed by atoms with Gasteiger partial charge in [0.1, 0.15) is 5.02 Å². The topological polar surface area (TPSA) is 58.4 Å². The Hall–Kier alpha value is -1.23. The second-order valence-corrected chi connectivity index (χ2v) is 3.19. The van der Waals surface area contributed by atoms with Crippen molar-refractivity contribution in [3.05, 3.63) is 10.7 Å². The van der Waals surface area contributed by atoms with Gasteiger partial charge in [0.05, 0.1) is 0 Å². The summed E-state index contributed by atoms with van der Waals surface area (Å²) < 4.78 is 1.25. The largest absolute Gasteiger partial charge is 0.476 e. The Balaban J connectivity index is 3.30. The van der Waals surface area contributed by atoms with E-state index < -0.39 is 5.97 Å². The number of aryl methyl sites for hydroxylation is 1. The van der Waals surface area contributed by atoms with E-state index in [1.54, 1.807) is 26.0 Å². The van der Waals surface area contributed by atoms with E-state index in [9.17, 15) is 4.79 Å². The summed E-state index contributed by atoms with van der Waals surface area (Å²) in [6, 6.07) is 0. The molecule has 1 rings (SSSR count). The maximum Gasteiger partial charge on any atom is 0.355 e. The van der Waals surface area contributed by atoms with Crippen LogP contribution in [-0.4, -0.2) is 35.0 Å². The van der Waals surface area contributed by atoms with E-state index in [4.69, 9.17) is 16.7 Å². The van der Waals surface area contributed by atoms with Crippen molar-refractivity contribution < 1.29 is 9.90 Å². The van der Waals surface area contributed by atoms with E-state index in [2.05, 4.69) is 5.10 Å². The van der Waals surface area contributed by atoms with Gasteiger partial charge in [-0.05, 0) is 0 Å². The number of aromatic carboxylic acids is 1. The van der Waals surface area contributed by atoms with Crippen LogP contribution in [0.2, 0.25) is 5.02 Å². The molecule has 0 saturated carbocycles. The Labute approximate surface area is 80.5 Å². The quantitative estimate of drug-likeness (QED) is 0.774. The van der Waals surface area contributed by atoms with Crippen molar-refractivity contribution >= 4 is 23.4 Å². The zero-order valence-corrected chi connectivity index (χ0v) is 8.33. The summed E-state index contributed by atoms with van der Waals surface area (Å²) in [7, 11) is 5.04. The molecule has 0 aliphatic carbocycles. The number of carboxylic acid groups (broad SMARTS) is 1. The third-order valence-electron chi connectivity index (χ3n) is 1.60. The van der Waals surface area contributed by atoms with Gasteiger partial charge in [0.25, 0.3) is 0 Å². The molecule has 1 heterocycles. The summed E-state index contributed by atoms with van der Waals surface area (Å²) in [4.78, 5) is 12.4. The average molecular weight is 204 g/mol. The van der Waals surface area contributed by atoms with Crippen LogP contribution < -0.4 is 4.90 Å². The first-order chi connectivity index (χ1) is 5.95. The number of hydrogen-bond acceptors (Lipinski definition) is 3. The van der Waals surface area contributed by atoms with Gasteiger partial charge in [0.15, 0.2) is 11.5 Å². The van der Waals surface area contributed by atoms with Crippen LogP contribution in [0, 0.1) is 0 Å². The number of anilines is 1. The number of halogens is 1. The fraction of sp³-hybridized carbons (Fsp3) is 0.429. The molecule has 6 heteroatoms. The van der Waals surface area contributed by atoms with Crippen molar-refractivity contribution in [3.8, 4) is 0 Å². The first-order valence-corrected chi connectivity index (χ1v) is 3.96. The summed E-state index contributed by atoms with van der Waals surface area (Å²) in [6.07, 6.45) is 0. The van der Waals surface area contributed by atoms with E-state index in [0.29, 0.717) is 5.82 Å². The Morgan fingerprint density at radius 2 is 2.15 bits per heavy atom. The molecule has 0 aliphatic heterocycles. The standard InChI is InChI=1S/C7H10ClN3O2/c1-10(2)6-4(8)5(7(12)13)11(3)9-6/h1-3H3,(H,12,13). The molecule has 5 nitrogen and oxygen atoms in total.